The molecule has 2 N–H and O–H groups in total. The molecule has 0 radical (unpaired) electrons. The van der Waals surface area contributed by atoms with Gasteiger partial charge in [0, 0.05) is 40.3 Å². The minimum absolute atomic E-state index is 0.0497. The van der Waals surface area contributed by atoms with Crippen molar-refractivity contribution in [3.8, 4) is 0 Å². The lowest BCUT2D eigenvalue weighted by Gasteiger charge is -2.54. The number of carbonyl (C=O) groups excluding carboxylic acids is 3. The predicted molar refractivity (Wildman–Crippen MR) is 117 cm³/mol. The van der Waals surface area contributed by atoms with Crippen LogP contribution in [0.3, 0.4) is 0 Å². The van der Waals surface area contributed by atoms with Crippen molar-refractivity contribution in [3.63, 3.8) is 0 Å². The number of likely N-dealkylation sites (N-methyl/N-ethyl adjacent to an activating group) is 1. The third kappa shape index (κ3) is 5.81. The van der Waals surface area contributed by atoms with Crippen LogP contribution in [0.25, 0.3) is 0 Å². The fourth-order valence-electron chi connectivity index (χ4n) is 4.30. The molecule has 0 saturated carbocycles. The summed E-state index contributed by atoms with van der Waals surface area (Å²) in [6.07, 6.45) is -0.572. The van der Waals surface area contributed by atoms with Crippen LogP contribution in [0.1, 0.15) is 24.8 Å². The lowest BCUT2D eigenvalue weighted by molar-refractivity contribution is -0.187. The molecule has 2 aliphatic heterocycles. The second kappa shape index (κ2) is 11.3. The van der Waals surface area contributed by atoms with E-state index in [0.29, 0.717) is 25.1 Å². The standard InChI is InChI=1S/C22H30FN5O6/c1-25-14-19(29)27-17(8-9-20(30)31)21(32)26(10-3-11-34-2)13-18(27)28(25)22(33)24-12-15-4-6-16(23)7-5-15/h4-7,17-18H,3,8-14H2,1-2H3,(H,24,33)(H,30,31)/t17-,18-/m0/s1. The van der Waals surface area contributed by atoms with Crippen molar-refractivity contribution in [1.29, 1.82) is 0 Å². The Kier molecular flexibility index (Phi) is 8.40. The number of hydrogen-bond donors (Lipinski definition) is 2. The highest BCUT2D eigenvalue weighted by Crippen LogP contribution is 2.28. The number of ether oxygens (including phenoxy) is 1. The van der Waals surface area contributed by atoms with E-state index in [4.69, 9.17) is 9.84 Å². The second-order valence-electron chi connectivity index (χ2n) is 8.31. The molecule has 0 spiro atoms. The molecule has 2 saturated heterocycles. The molecule has 12 heteroatoms. The van der Waals surface area contributed by atoms with Crippen molar-refractivity contribution in [1.82, 2.24) is 25.1 Å². The Balaban J connectivity index is 1.82. The molecule has 0 bridgehead atoms. The number of carboxylic acid groups (broad SMARTS) is 1. The number of hydrogen-bond acceptors (Lipinski definition) is 6. The number of rotatable bonds is 9. The minimum atomic E-state index is -1.07. The molecule has 11 nitrogen and oxygen atoms in total. The summed E-state index contributed by atoms with van der Waals surface area (Å²) in [5, 5.41) is 14.8. The van der Waals surface area contributed by atoms with E-state index in [-0.39, 0.29) is 50.1 Å². The van der Waals surface area contributed by atoms with Crippen molar-refractivity contribution in [2.75, 3.05) is 40.4 Å². The van der Waals surface area contributed by atoms with Crippen LogP contribution in [0, 0.1) is 5.82 Å². The lowest BCUT2D eigenvalue weighted by Crippen LogP contribution is -2.76. The Morgan fingerprint density at radius 1 is 1.24 bits per heavy atom. The normalized spacial score (nSPS) is 21.0. The number of fused-ring (bicyclic) bond motifs is 1. The third-order valence-corrected chi connectivity index (χ3v) is 5.91. The van der Waals surface area contributed by atoms with Gasteiger partial charge < -0.3 is 25.0 Å². The summed E-state index contributed by atoms with van der Waals surface area (Å²) in [6.45, 7) is 0.873. The van der Waals surface area contributed by atoms with Gasteiger partial charge in [-0.05, 0) is 30.5 Å². The molecule has 0 unspecified atom stereocenters. The van der Waals surface area contributed by atoms with E-state index in [0.717, 1.165) is 0 Å². The van der Waals surface area contributed by atoms with Crippen molar-refractivity contribution in [3.05, 3.63) is 35.6 Å². The number of methoxy groups -OCH3 is 1. The van der Waals surface area contributed by atoms with E-state index in [1.807, 2.05) is 0 Å². The Bertz CT molecular complexity index is 914. The number of hydrazine groups is 1. The number of piperazine rings is 1. The molecule has 0 aliphatic carbocycles. The maximum absolute atomic E-state index is 13.2. The average molecular weight is 480 g/mol. The lowest BCUT2D eigenvalue weighted by atomic mass is 10.0. The number of carbonyl (C=O) groups is 4. The van der Waals surface area contributed by atoms with Crippen molar-refractivity contribution in [2.45, 2.75) is 38.0 Å². The zero-order valence-corrected chi connectivity index (χ0v) is 19.3. The molecule has 1 aromatic rings. The number of urea groups is 1. The van der Waals surface area contributed by atoms with Crippen LogP contribution in [0.2, 0.25) is 0 Å². The third-order valence-electron chi connectivity index (χ3n) is 5.91. The first kappa shape index (κ1) is 25.4. The topological polar surface area (TPSA) is 123 Å². The summed E-state index contributed by atoms with van der Waals surface area (Å²) in [5.74, 6) is -2.14. The first-order chi connectivity index (χ1) is 16.2. The van der Waals surface area contributed by atoms with Gasteiger partial charge in [0.15, 0.2) is 0 Å². The van der Waals surface area contributed by atoms with Gasteiger partial charge in [-0.1, -0.05) is 12.1 Å². The number of benzene rings is 1. The maximum atomic E-state index is 13.2. The van der Waals surface area contributed by atoms with Gasteiger partial charge in [0.25, 0.3) is 0 Å². The van der Waals surface area contributed by atoms with Crippen LogP contribution in [-0.4, -0.2) is 101 Å². The number of nitrogens with zero attached hydrogens (tertiary/aromatic N) is 4. The van der Waals surface area contributed by atoms with Gasteiger partial charge in [0.1, 0.15) is 18.0 Å². The monoisotopic (exact) mass is 479 g/mol. The van der Waals surface area contributed by atoms with E-state index in [2.05, 4.69) is 5.32 Å². The van der Waals surface area contributed by atoms with Gasteiger partial charge in [0.05, 0.1) is 13.1 Å². The van der Waals surface area contributed by atoms with Crippen molar-refractivity contribution in [2.24, 2.45) is 0 Å². The van der Waals surface area contributed by atoms with Crippen LogP contribution in [0.4, 0.5) is 9.18 Å². The molecular weight excluding hydrogens is 449 g/mol. The molecule has 4 amide bonds. The quantitative estimate of drug-likeness (QED) is 0.494. The highest BCUT2D eigenvalue weighted by molar-refractivity contribution is 5.91. The van der Waals surface area contributed by atoms with Gasteiger partial charge in [-0.2, -0.15) is 0 Å². The van der Waals surface area contributed by atoms with E-state index in [1.54, 1.807) is 31.2 Å². The smallest absolute Gasteiger partial charge is 0.334 e. The Labute approximate surface area is 197 Å². The Morgan fingerprint density at radius 3 is 2.59 bits per heavy atom. The summed E-state index contributed by atoms with van der Waals surface area (Å²) in [6, 6.07) is 4.25. The van der Waals surface area contributed by atoms with E-state index < -0.39 is 24.2 Å². The summed E-state index contributed by atoms with van der Waals surface area (Å²) in [7, 11) is 3.15. The molecule has 186 valence electrons. The molecule has 2 atom stereocenters. The van der Waals surface area contributed by atoms with Gasteiger partial charge in [0.2, 0.25) is 11.8 Å². The van der Waals surface area contributed by atoms with Gasteiger partial charge in [-0.3, -0.25) is 14.4 Å². The minimum Gasteiger partial charge on any atom is -0.481 e. The summed E-state index contributed by atoms with van der Waals surface area (Å²) in [5.41, 5.74) is 0.696. The number of halogens is 1. The molecule has 2 aliphatic rings. The van der Waals surface area contributed by atoms with E-state index in [9.17, 15) is 23.6 Å². The Hall–Kier alpha value is -3.25. The Morgan fingerprint density at radius 2 is 1.94 bits per heavy atom. The highest BCUT2D eigenvalue weighted by Gasteiger charge is 2.50. The molecule has 1 aromatic carbocycles. The van der Waals surface area contributed by atoms with Gasteiger partial charge in [-0.15, -0.1) is 0 Å². The molecular formula is C22H30FN5O6. The van der Waals surface area contributed by atoms with Crippen LogP contribution in [0.5, 0.6) is 0 Å². The van der Waals surface area contributed by atoms with Crippen molar-refractivity contribution < 1.29 is 33.4 Å². The predicted octanol–water partition coefficient (Wildman–Crippen LogP) is 0.465. The summed E-state index contributed by atoms with van der Waals surface area (Å²) >= 11 is 0. The maximum Gasteiger partial charge on any atom is 0.334 e. The molecule has 0 aromatic heterocycles. The SMILES string of the molecule is COCCCN1C[C@H]2N(C(=O)CN(C)N2C(=O)NCc2ccc(F)cc2)[C@@H](CCC(=O)O)C1=O. The van der Waals surface area contributed by atoms with Crippen LogP contribution >= 0.6 is 0 Å². The molecule has 2 heterocycles. The summed E-state index contributed by atoms with van der Waals surface area (Å²) in [4.78, 5) is 53.4. The van der Waals surface area contributed by atoms with Crippen LogP contribution < -0.4 is 5.32 Å². The number of nitrogens with one attached hydrogen (secondary N) is 1. The fraction of sp³-hybridized carbons (Fsp3) is 0.545. The van der Waals surface area contributed by atoms with Crippen LogP contribution in [-0.2, 0) is 25.7 Å². The highest BCUT2D eigenvalue weighted by atomic mass is 19.1. The molecule has 3 rings (SSSR count). The number of aliphatic carboxylic acids is 1. The zero-order chi connectivity index (χ0) is 24.8. The number of carboxylic acids is 1. The first-order valence-electron chi connectivity index (χ1n) is 11.1. The molecule has 2 fully saturated rings. The van der Waals surface area contributed by atoms with E-state index >= 15 is 0 Å². The average Bonchev–Trinajstić information content (AvgIpc) is 2.78. The van der Waals surface area contributed by atoms with E-state index in [1.165, 1.54) is 27.1 Å². The fourth-order valence-corrected chi connectivity index (χ4v) is 4.30. The van der Waals surface area contributed by atoms with Crippen LogP contribution in [0.15, 0.2) is 24.3 Å². The number of amides is 4. The first-order valence-corrected chi connectivity index (χ1v) is 11.1. The van der Waals surface area contributed by atoms with Gasteiger partial charge >= 0.3 is 12.0 Å². The second-order valence-corrected chi connectivity index (χ2v) is 8.31. The zero-order valence-electron chi connectivity index (χ0n) is 19.3. The largest absolute Gasteiger partial charge is 0.481 e. The molecule has 34 heavy (non-hydrogen) atoms. The summed E-state index contributed by atoms with van der Waals surface area (Å²) < 4.78 is 18.2. The van der Waals surface area contributed by atoms with Gasteiger partial charge in [-0.25, -0.2) is 19.2 Å². The van der Waals surface area contributed by atoms with Crippen molar-refractivity contribution >= 4 is 23.8 Å².